The maximum Gasteiger partial charge on any atom is 0 e. The first kappa shape index (κ1) is 30.2. The smallest absolute Gasteiger partial charge is 0 e. The Kier molecular flexibility index (Phi) is 21.4. The zero-order valence-corrected chi connectivity index (χ0v) is 21.9. The standard InChI is InChI=1S/C10H19.C9H15.2Y/c1-7-8(2)9(3)10(4,5)6;1-6-8(4)9(5)7(2)3;;/h7H,1-6H3;1-5H3;;/q2*-1;;/b9-8-;;;. The van der Waals surface area contributed by atoms with E-state index in [0.717, 1.165) is 0 Å². The molecule has 0 fully saturated rings. The minimum absolute atomic E-state index is 0. The van der Waals surface area contributed by atoms with E-state index < -0.39 is 0 Å². The number of rotatable bonds is 2. The van der Waals surface area contributed by atoms with Crippen LogP contribution in [0.5, 0.6) is 0 Å². The van der Waals surface area contributed by atoms with Gasteiger partial charge in [-0.2, -0.15) is 11.1 Å². The summed E-state index contributed by atoms with van der Waals surface area (Å²) in [6.07, 6.45) is 5.27. The topological polar surface area (TPSA) is 0 Å². The van der Waals surface area contributed by atoms with Crippen LogP contribution >= 0.6 is 0 Å². The molecule has 0 saturated heterocycles. The summed E-state index contributed by atoms with van der Waals surface area (Å²) in [4.78, 5) is 0. The van der Waals surface area contributed by atoms with Crippen LogP contribution in [-0.2, 0) is 65.4 Å². The summed E-state index contributed by atoms with van der Waals surface area (Å²) in [5.74, 6) is 0. The molecule has 0 aliphatic carbocycles. The van der Waals surface area contributed by atoms with Crippen LogP contribution in [-0.4, -0.2) is 0 Å². The van der Waals surface area contributed by atoms with Crippen molar-refractivity contribution in [2.45, 2.75) is 76.2 Å². The van der Waals surface area contributed by atoms with Gasteiger partial charge in [0.15, 0.2) is 0 Å². The van der Waals surface area contributed by atoms with Crippen LogP contribution in [0.2, 0.25) is 0 Å². The maximum absolute atomic E-state index is 3.10. The van der Waals surface area contributed by atoms with Crippen molar-refractivity contribution in [2.24, 2.45) is 5.41 Å². The Bertz CT molecular complexity index is 360. The molecule has 0 aliphatic heterocycles. The average Bonchev–Trinajstić information content (AvgIpc) is 2.34. The van der Waals surface area contributed by atoms with Crippen molar-refractivity contribution in [1.29, 1.82) is 0 Å². The second-order valence-electron chi connectivity index (χ2n) is 6.35. The molecule has 0 heterocycles. The van der Waals surface area contributed by atoms with E-state index in [0.29, 0.717) is 5.41 Å². The molecule has 2 radical (unpaired) electrons. The summed E-state index contributed by atoms with van der Waals surface area (Å²) in [7, 11) is 0. The van der Waals surface area contributed by atoms with Gasteiger partial charge < -0.3 is 0 Å². The minimum atomic E-state index is 0. The second-order valence-corrected chi connectivity index (χ2v) is 6.35. The van der Waals surface area contributed by atoms with Gasteiger partial charge in [-0.15, -0.1) is 27.7 Å². The molecule has 0 aromatic rings. The van der Waals surface area contributed by atoms with Crippen molar-refractivity contribution >= 4 is 0 Å². The van der Waals surface area contributed by atoms with Gasteiger partial charge in [0.05, 0.1) is 0 Å². The molecule has 0 unspecified atom stereocenters. The predicted molar refractivity (Wildman–Crippen MR) is 90.0 cm³/mol. The summed E-state index contributed by atoms with van der Waals surface area (Å²) >= 11 is 0. The van der Waals surface area contributed by atoms with Crippen LogP contribution in [0.4, 0.5) is 0 Å². The Hall–Kier alpha value is 1.30. The third kappa shape index (κ3) is 14.6. The van der Waals surface area contributed by atoms with Crippen LogP contribution in [0.15, 0.2) is 27.9 Å². The van der Waals surface area contributed by atoms with Gasteiger partial charge in [0.1, 0.15) is 0 Å². The van der Waals surface area contributed by atoms with Gasteiger partial charge in [0.25, 0.3) is 0 Å². The first-order valence-electron chi connectivity index (χ1n) is 7.12. The molecule has 21 heavy (non-hydrogen) atoms. The molecule has 0 aromatic carbocycles. The second kappa shape index (κ2) is 14.9. The fraction of sp³-hybridized carbons (Fsp3) is 0.632. The third-order valence-corrected chi connectivity index (χ3v) is 3.84. The fourth-order valence-corrected chi connectivity index (χ4v) is 1.37. The Balaban J connectivity index is -0.000000126. The van der Waals surface area contributed by atoms with E-state index in [9.17, 15) is 0 Å². The van der Waals surface area contributed by atoms with Gasteiger partial charge in [-0.05, 0) is 0 Å². The number of hydrogen-bond donors (Lipinski definition) is 0. The van der Waals surface area contributed by atoms with Crippen molar-refractivity contribution in [1.82, 2.24) is 0 Å². The van der Waals surface area contributed by atoms with Gasteiger partial charge in [0.2, 0.25) is 0 Å². The molecule has 0 nitrogen and oxygen atoms in total. The molecule has 0 bridgehead atoms. The van der Waals surface area contributed by atoms with E-state index in [-0.39, 0.29) is 65.4 Å². The molecular weight excluding hydrogens is 406 g/mol. The first-order valence-corrected chi connectivity index (χ1v) is 7.12. The Labute approximate surface area is 185 Å². The Morgan fingerprint density at radius 2 is 1.24 bits per heavy atom. The summed E-state index contributed by atoms with van der Waals surface area (Å²) in [6, 6.07) is 0. The van der Waals surface area contributed by atoms with Crippen molar-refractivity contribution in [3.05, 3.63) is 40.4 Å². The Morgan fingerprint density at radius 3 is 1.33 bits per heavy atom. The largest absolute Gasteiger partial charge is 0.275 e. The molecule has 0 amide bonds. The normalized spacial score (nSPS) is 11.9. The summed E-state index contributed by atoms with van der Waals surface area (Å²) < 4.78 is 0. The molecule has 0 aliphatic rings. The van der Waals surface area contributed by atoms with Crippen molar-refractivity contribution in [2.75, 3.05) is 0 Å². The van der Waals surface area contributed by atoms with Gasteiger partial charge >= 0.3 is 0 Å². The molecule has 0 rings (SSSR count). The number of hydrogen-bond acceptors (Lipinski definition) is 0. The van der Waals surface area contributed by atoms with Crippen LogP contribution in [0.25, 0.3) is 0 Å². The van der Waals surface area contributed by atoms with Crippen LogP contribution in [0, 0.1) is 17.9 Å². The summed E-state index contributed by atoms with van der Waals surface area (Å²) in [5, 5.41) is 0. The van der Waals surface area contributed by atoms with Gasteiger partial charge in [-0.25, -0.2) is 23.1 Å². The summed E-state index contributed by atoms with van der Waals surface area (Å²) in [5.41, 5.74) is 7.22. The quantitative estimate of drug-likeness (QED) is 0.331. The predicted octanol–water partition coefficient (Wildman–Crippen LogP) is 6.70. The summed E-state index contributed by atoms with van der Waals surface area (Å²) in [6.45, 7) is 23.6. The molecular formula is C19H34Y2-2. The van der Waals surface area contributed by atoms with Gasteiger partial charge in [-0.3, -0.25) is 6.08 Å². The molecule has 2 heteroatoms. The number of allylic oxidation sites excluding steroid dienone is 6. The molecule has 0 N–H and O–H groups in total. The van der Waals surface area contributed by atoms with E-state index in [4.69, 9.17) is 0 Å². The van der Waals surface area contributed by atoms with E-state index in [1.54, 1.807) is 0 Å². The van der Waals surface area contributed by atoms with E-state index in [1.165, 1.54) is 27.9 Å². The zero-order valence-electron chi connectivity index (χ0n) is 16.2. The molecule has 118 valence electrons. The average molecular weight is 440 g/mol. The molecule has 0 aromatic heterocycles. The first-order chi connectivity index (χ1) is 8.48. The zero-order chi connectivity index (χ0) is 15.8. The fourth-order valence-electron chi connectivity index (χ4n) is 1.37. The third-order valence-electron chi connectivity index (χ3n) is 3.84. The van der Waals surface area contributed by atoms with Crippen molar-refractivity contribution in [3.63, 3.8) is 0 Å². The molecule has 0 atom stereocenters. The van der Waals surface area contributed by atoms with Gasteiger partial charge in [-0.1, -0.05) is 53.9 Å². The minimum Gasteiger partial charge on any atom is -0.275 e. The molecule has 0 saturated carbocycles. The van der Waals surface area contributed by atoms with Crippen LogP contribution in [0.3, 0.4) is 0 Å². The van der Waals surface area contributed by atoms with E-state index in [1.807, 2.05) is 6.92 Å². The van der Waals surface area contributed by atoms with Crippen LogP contribution < -0.4 is 0 Å². The van der Waals surface area contributed by atoms with E-state index >= 15 is 0 Å². The Morgan fingerprint density at radius 1 is 0.857 bits per heavy atom. The van der Waals surface area contributed by atoms with Gasteiger partial charge in [0, 0.05) is 65.4 Å². The molecule has 0 spiro atoms. The van der Waals surface area contributed by atoms with Crippen molar-refractivity contribution < 1.29 is 65.4 Å². The maximum atomic E-state index is 3.10. The monoisotopic (exact) mass is 440 g/mol. The van der Waals surface area contributed by atoms with Crippen LogP contribution in [0.1, 0.15) is 76.2 Å². The SMILES string of the molecule is C[C-]=C(C)C(C)=C(C)C.C[CH-]/C(C)=C(/C)C(C)(C)C.[Y].[Y]. The van der Waals surface area contributed by atoms with E-state index in [2.05, 4.69) is 81.7 Å². The van der Waals surface area contributed by atoms with Crippen molar-refractivity contribution in [3.8, 4) is 0 Å².